The van der Waals surface area contributed by atoms with E-state index < -0.39 is 6.04 Å². The first-order chi connectivity index (χ1) is 24.3. The van der Waals surface area contributed by atoms with Gasteiger partial charge in [0.15, 0.2) is 0 Å². The molecule has 0 aromatic rings. The van der Waals surface area contributed by atoms with Gasteiger partial charge in [0.05, 0.1) is 0 Å². The molecule has 0 fully saturated rings. The number of rotatable bonds is 33. The zero-order valence-electron chi connectivity index (χ0n) is 33.6. The van der Waals surface area contributed by atoms with Gasteiger partial charge in [-0.25, -0.2) is 0 Å². The highest BCUT2D eigenvalue weighted by Crippen LogP contribution is 2.16. The van der Waals surface area contributed by atoms with Gasteiger partial charge in [0.2, 0.25) is 23.6 Å². The Hall–Kier alpha value is -2.78. The van der Waals surface area contributed by atoms with Crippen LogP contribution in [0.5, 0.6) is 0 Å². The molecule has 0 heterocycles. The molecule has 5 atom stereocenters. The summed E-state index contributed by atoms with van der Waals surface area (Å²) in [6, 6.07) is -1.41. The third-order valence-electron chi connectivity index (χ3n) is 9.44. The molecule has 5 unspecified atom stereocenters. The Kier molecular flexibility index (Phi) is 29.1. The highest BCUT2D eigenvalue weighted by atomic mass is 16.2. The number of nitrogens with one attached hydrogen (secondary N) is 4. The molecule has 4 amide bonds. The van der Waals surface area contributed by atoms with Gasteiger partial charge in [0, 0.05) is 62.7 Å². The van der Waals surface area contributed by atoms with Gasteiger partial charge in [-0.2, -0.15) is 0 Å². The van der Waals surface area contributed by atoms with E-state index in [4.69, 9.17) is 0 Å². The summed E-state index contributed by atoms with van der Waals surface area (Å²) in [5, 5.41) is 12.3. The van der Waals surface area contributed by atoms with Gasteiger partial charge in [0.25, 0.3) is 0 Å². The van der Waals surface area contributed by atoms with Crippen LogP contribution >= 0.6 is 0 Å². The van der Waals surface area contributed by atoms with E-state index in [-0.39, 0.29) is 85.4 Å². The number of ketones is 2. The first-order valence-corrected chi connectivity index (χ1v) is 20.5. The second kappa shape index (κ2) is 30.8. The Morgan fingerprint density at radius 1 is 0.392 bits per heavy atom. The molecular weight excluding hydrogens is 644 g/mol. The van der Waals surface area contributed by atoms with Crippen LogP contribution in [0, 0.1) is 5.92 Å². The predicted molar refractivity (Wildman–Crippen MR) is 207 cm³/mol. The zero-order valence-corrected chi connectivity index (χ0v) is 33.6. The van der Waals surface area contributed by atoms with Crippen molar-refractivity contribution in [3.05, 3.63) is 0 Å². The zero-order chi connectivity index (χ0) is 38.4. The van der Waals surface area contributed by atoms with Gasteiger partial charge in [-0.15, -0.1) is 0 Å². The van der Waals surface area contributed by atoms with Gasteiger partial charge in [0.1, 0.15) is 11.6 Å². The molecule has 296 valence electrons. The van der Waals surface area contributed by atoms with Crippen LogP contribution in [0.3, 0.4) is 0 Å². The quantitative estimate of drug-likeness (QED) is 0.0509. The Labute approximate surface area is 311 Å². The van der Waals surface area contributed by atoms with Crippen molar-refractivity contribution < 1.29 is 28.8 Å². The summed E-state index contributed by atoms with van der Waals surface area (Å²) in [7, 11) is 0. The Morgan fingerprint density at radius 3 is 1.02 bits per heavy atom. The third-order valence-corrected chi connectivity index (χ3v) is 9.44. The molecule has 0 radical (unpaired) electrons. The number of carbonyl (C=O) groups is 6. The van der Waals surface area contributed by atoms with Crippen LogP contribution in [0.15, 0.2) is 0 Å². The minimum absolute atomic E-state index is 0.00246. The van der Waals surface area contributed by atoms with E-state index in [2.05, 4.69) is 55.9 Å². The molecular formula is C41H76N4O6. The fourth-order valence-corrected chi connectivity index (χ4v) is 6.53. The fraction of sp³-hybridized carbons (Fsp3) is 0.854. The maximum Gasteiger partial charge on any atom is 0.222 e. The van der Waals surface area contributed by atoms with E-state index in [1.54, 1.807) is 0 Å². The molecule has 0 bridgehead atoms. The average Bonchev–Trinajstić information content (AvgIpc) is 3.03. The molecule has 4 N–H and O–H groups in total. The maximum atomic E-state index is 13.4. The van der Waals surface area contributed by atoms with Gasteiger partial charge >= 0.3 is 0 Å². The van der Waals surface area contributed by atoms with Crippen molar-refractivity contribution in [3.8, 4) is 0 Å². The largest absolute Gasteiger partial charge is 0.353 e. The summed E-state index contributed by atoms with van der Waals surface area (Å²) in [6.07, 6.45) is 16.9. The third kappa shape index (κ3) is 28.5. The normalized spacial score (nSPS) is 14.1. The summed E-state index contributed by atoms with van der Waals surface area (Å²) in [5.41, 5.74) is 0. The predicted octanol–water partition coefficient (Wildman–Crippen LogP) is 7.79. The molecule has 0 aliphatic carbocycles. The number of carbonyl (C=O) groups excluding carboxylic acids is 6. The van der Waals surface area contributed by atoms with E-state index in [1.165, 1.54) is 20.3 Å². The maximum absolute atomic E-state index is 13.4. The summed E-state index contributed by atoms with van der Waals surface area (Å²) in [6.45, 7) is 13.6. The van der Waals surface area contributed by atoms with Crippen LogP contribution < -0.4 is 21.3 Å². The molecule has 10 heteroatoms. The van der Waals surface area contributed by atoms with Crippen LogP contribution in [0.25, 0.3) is 0 Å². The molecule has 0 saturated carbocycles. The summed E-state index contributed by atoms with van der Waals surface area (Å²) >= 11 is 0. The van der Waals surface area contributed by atoms with E-state index in [0.717, 1.165) is 83.5 Å². The van der Waals surface area contributed by atoms with Crippen molar-refractivity contribution in [2.75, 3.05) is 0 Å². The van der Waals surface area contributed by atoms with Crippen molar-refractivity contribution in [3.63, 3.8) is 0 Å². The lowest BCUT2D eigenvalue weighted by Crippen LogP contribution is -2.46. The minimum Gasteiger partial charge on any atom is -0.353 e. The highest BCUT2D eigenvalue weighted by Gasteiger charge is 2.24. The summed E-state index contributed by atoms with van der Waals surface area (Å²) in [4.78, 5) is 76.2. The lowest BCUT2D eigenvalue weighted by atomic mass is 9.98. The number of amides is 4. The first kappa shape index (κ1) is 48.2. The second-order valence-corrected chi connectivity index (χ2v) is 15.1. The monoisotopic (exact) mass is 721 g/mol. The average molecular weight is 721 g/mol. The number of Topliss-reactive ketones (excluding diaryl/α,β-unsaturated/α-hetero) is 2. The standard InChI is InChI=1S/C41H76N4O6/c1-8-12-16-20-31(5)26-38(48)42-34(21-17-13-9-2)28-39(49)43-35(22-18-14-10-3)29-40(50)44-36(23-19-15-11-4)30-41(51)45-37(27-33(7)47)25-24-32(6)46/h31,34-37H,8-30H2,1-7H3,(H,42,48)(H,43,49)(H,44,50)(H,45,51). The van der Waals surface area contributed by atoms with Crippen LogP contribution in [0.2, 0.25) is 0 Å². The van der Waals surface area contributed by atoms with Crippen LogP contribution in [0.1, 0.15) is 196 Å². The summed E-state index contributed by atoms with van der Waals surface area (Å²) in [5.74, 6) is -0.398. The molecule has 0 spiro atoms. The van der Waals surface area contributed by atoms with Crippen molar-refractivity contribution in [2.24, 2.45) is 5.92 Å². The number of hydrogen-bond acceptors (Lipinski definition) is 6. The summed E-state index contributed by atoms with van der Waals surface area (Å²) < 4.78 is 0. The minimum atomic E-state index is -0.422. The van der Waals surface area contributed by atoms with Crippen LogP contribution in [-0.4, -0.2) is 59.4 Å². The molecule has 0 aromatic heterocycles. The topological polar surface area (TPSA) is 151 Å². The number of hydrogen-bond donors (Lipinski definition) is 4. The fourth-order valence-electron chi connectivity index (χ4n) is 6.53. The van der Waals surface area contributed by atoms with Crippen molar-refractivity contribution in [2.45, 2.75) is 220 Å². The van der Waals surface area contributed by atoms with Crippen molar-refractivity contribution in [1.29, 1.82) is 0 Å². The van der Waals surface area contributed by atoms with Crippen LogP contribution in [-0.2, 0) is 28.8 Å². The van der Waals surface area contributed by atoms with Gasteiger partial charge < -0.3 is 26.1 Å². The molecule has 0 aromatic carbocycles. The smallest absolute Gasteiger partial charge is 0.222 e. The lowest BCUT2D eigenvalue weighted by Gasteiger charge is -2.24. The Bertz CT molecular complexity index is 1000. The van der Waals surface area contributed by atoms with Gasteiger partial charge in [-0.1, -0.05) is 118 Å². The molecule has 0 aliphatic heterocycles. The van der Waals surface area contributed by atoms with Crippen molar-refractivity contribution in [1.82, 2.24) is 21.3 Å². The van der Waals surface area contributed by atoms with Gasteiger partial charge in [-0.05, 0) is 45.4 Å². The Morgan fingerprint density at radius 2 is 0.706 bits per heavy atom. The molecule has 0 rings (SSSR count). The first-order valence-electron chi connectivity index (χ1n) is 20.5. The van der Waals surface area contributed by atoms with Gasteiger partial charge in [-0.3, -0.25) is 24.0 Å². The van der Waals surface area contributed by atoms with E-state index in [0.29, 0.717) is 31.6 Å². The lowest BCUT2D eigenvalue weighted by molar-refractivity contribution is -0.125. The second-order valence-electron chi connectivity index (χ2n) is 15.1. The molecule has 0 aliphatic rings. The van der Waals surface area contributed by atoms with Crippen molar-refractivity contribution >= 4 is 35.2 Å². The van der Waals surface area contributed by atoms with E-state index in [9.17, 15) is 28.8 Å². The van der Waals surface area contributed by atoms with Crippen LogP contribution in [0.4, 0.5) is 0 Å². The molecule has 10 nitrogen and oxygen atoms in total. The SMILES string of the molecule is CCCCCC(C)CC(=O)NC(CCCCC)CC(=O)NC(CCCCC)CC(=O)NC(CCCCC)CC(=O)NC(CCC(C)=O)CC(C)=O. The molecule has 51 heavy (non-hydrogen) atoms. The highest BCUT2D eigenvalue weighted by molar-refractivity contribution is 5.83. The van der Waals surface area contributed by atoms with E-state index in [1.807, 2.05) is 0 Å². The van der Waals surface area contributed by atoms with E-state index >= 15 is 0 Å². The molecule has 0 saturated heterocycles. The number of unbranched alkanes of at least 4 members (excludes halogenated alkanes) is 8. The Balaban J connectivity index is 5.54.